The predicted molar refractivity (Wildman–Crippen MR) is 110 cm³/mol. The van der Waals surface area contributed by atoms with Crippen LogP contribution in [0.1, 0.15) is 48.1 Å². The molecule has 32 heavy (non-hydrogen) atoms. The largest absolute Gasteiger partial charge is 0.429 e. The topological polar surface area (TPSA) is 21.8 Å². The van der Waals surface area contributed by atoms with Crippen molar-refractivity contribution >= 4 is 0 Å². The van der Waals surface area contributed by atoms with E-state index in [1.54, 1.807) is 12.1 Å². The molecule has 0 N–H and O–H groups in total. The van der Waals surface area contributed by atoms with Gasteiger partial charge in [-0.2, -0.15) is 8.78 Å². The standard InChI is InChI=1S/C25H21F5O2/c1-2-3-15-4-10-18(11-5-15)32-25(29,30)17-8-6-16(7-9-17)19-12-13-20(21-14-31-21)23(26)22(19)24(27)28/h4-13,21,24H,2-3,14H2,1H3. The van der Waals surface area contributed by atoms with Crippen LogP contribution >= 0.6 is 0 Å². The van der Waals surface area contributed by atoms with E-state index in [9.17, 15) is 22.0 Å². The molecule has 0 aliphatic carbocycles. The highest BCUT2D eigenvalue weighted by Gasteiger charge is 2.35. The quantitative estimate of drug-likeness (QED) is 0.262. The molecule has 7 heteroatoms. The number of halogens is 5. The van der Waals surface area contributed by atoms with E-state index in [-0.39, 0.29) is 29.0 Å². The third-order valence-corrected chi connectivity index (χ3v) is 5.35. The number of epoxide rings is 1. The van der Waals surface area contributed by atoms with Gasteiger partial charge in [-0.1, -0.05) is 49.7 Å². The molecule has 1 unspecified atom stereocenters. The van der Waals surface area contributed by atoms with Gasteiger partial charge in [-0.25, -0.2) is 13.2 Å². The summed E-state index contributed by atoms with van der Waals surface area (Å²) in [6.07, 6.45) is -5.43. The summed E-state index contributed by atoms with van der Waals surface area (Å²) in [6, 6.07) is 13.9. The number of aryl methyl sites for hydroxylation is 1. The lowest BCUT2D eigenvalue weighted by molar-refractivity contribution is -0.185. The van der Waals surface area contributed by atoms with E-state index in [0.717, 1.165) is 30.5 Å². The summed E-state index contributed by atoms with van der Waals surface area (Å²) >= 11 is 0. The molecule has 0 saturated carbocycles. The van der Waals surface area contributed by atoms with Crippen LogP contribution in [0.4, 0.5) is 22.0 Å². The fourth-order valence-corrected chi connectivity index (χ4v) is 3.61. The summed E-state index contributed by atoms with van der Waals surface area (Å²) in [7, 11) is 0. The molecule has 4 rings (SSSR count). The van der Waals surface area contributed by atoms with Gasteiger partial charge in [0.25, 0.3) is 6.43 Å². The fraction of sp³-hybridized carbons (Fsp3) is 0.280. The predicted octanol–water partition coefficient (Wildman–Crippen LogP) is 7.58. The SMILES string of the molecule is CCCc1ccc(OC(F)(F)c2ccc(-c3ccc(C4CO4)c(F)c3C(F)F)cc2)cc1. The molecule has 1 saturated heterocycles. The number of hydrogen-bond acceptors (Lipinski definition) is 2. The number of hydrogen-bond donors (Lipinski definition) is 0. The monoisotopic (exact) mass is 448 g/mol. The van der Waals surface area contributed by atoms with Crippen LogP contribution in [0.2, 0.25) is 0 Å². The smallest absolute Gasteiger partial charge is 0.426 e. The van der Waals surface area contributed by atoms with Gasteiger partial charge in [0.1, 0.15) is 17.7 Å². The average molecular weight is 448 g/mol. The lowest BCUT2D eigenvalue weighted by Gasteiger charge is -2.19. The Morgan fingerprint density at radius 2 is 1.66 bits per heavy atom. The number of alkyl halides is 4. The van der Waals surface area contributed by atoms with Crippen LogP contribution in [0.25, 0.3) is 11.1 Å². The normalized spacial score (nSPS) is 15.8. The summed E-state index contributed by atoms with van der Waals surface area (Å²) in [5, 5.41) is 0. The number of ether oxygens (including phenoxy) is 2. The Labute approximate surface area is 182 Å². The third kappa shape index (κ3) is 4.63. The van der Waals surface area contributed by atoms with Crippen molar-refractivity contribution in [2.75, 3.05) is 6.61 Å². The Bertz CT molecular complexity index is 1070. The molecular weight excluding hydrogens is 427 g/mol. The molecule has 3 aromatic carbocycles. The molecule has 1 atom stereocenters. The lowest BCUT2D eigenvalue weighted by atomic mass is 9.95. The molecule has 0 bridgehead atoms. The molecule has 1 aliphatic heterocycles. The van der Waals surface area contributed by atoms with Crippen molar-refractivity contribution in [3.63, 3.8) is 0 Å². The second-order valence-corrected chi connectivity index (χ2v) is 7.64. The summed E-state index contributed by atoms with van der Waals surface area (Å²) in [6.45, 7) is 2.31. The van der Waals surface area contributed by atoms with Gasteiger partial charge >= 0.3 is 6.11 Å². The Hall–Kier alpha value is -2.93. The second kappa shape index (κ2) is 8.90. The zero-order valence-corrected chi connectivity index (χ0v) is 17.3. The van der Waals surface area contributed by atoms with E-state index in [1.807, 2.05) is 6.92 Å². The van der Waals surface area contributed by atoms with Crippen LogP contribution < -0.4 is 4.74 Å². The highest BCUT2D eigenvalue weighted by molar-refractivity contribution is 5.69. The number of rotatable bonds is 8. The van der Waals surface area contributed by atoms with Gasteiger partial charge in [-0.3, -0.25) is 0 Å². The van der Waals surface area contributed by atoms with Gasteiger partial charge in [0.2, 0.25) is 0 Å². The molecule has 0 radical (unpaired) electrons. The molecule has 168 valence electrons. The molecular formula is C25H21F5O2. The highest BCUT2D eigenvalue weighted by Crippen LogP contribution is 2.41. The molecule has 2 nitrogen and oxygen atoms in total. The third-order valence-electron chi connectivity index (χ3n) is 5.35. The zero-order chi connectivity index (χ0) is 22.9. The Kier molecular flexibility index (Phi) is 6.20. The summed E-state index contributed by atoms with van der Waals surface area (Å²) in [5.74, 6) is -1.01. The highest BCUT2D eigenvalue weighted by atomic mass is 19.3. The Morgan fingerprint density at radius 1 is 1.00 bits per heavy atom. The maximum Gasteiger partial charge on any atom is 0.426 e. The molecule has 0 amide bonds. The summed E-state index contributed by atoms with van der Waals surface area (Å²) in [4.78, 5) is 0. The lowest BCUT2D eigenvalue weighted by Crippen LogP contribution is -2.21. The number of benzene rings is 3. The van der Waals surface area contributed by atoms with Crippen molar-refractivity contribution in [2.24, 2.45) is 0 Å². The van der Waals surface area contributed by atoms with Crippen molar-refractivity contribution in [3.8, 4) is 16.9 Å². The summed E-state index contributed by atoms with van der Waals surface area (Å²) in [5.41, 5.74) is 0.0384. The average Bonchev–Trinajstić information content (AvgIpc) is 3.60. The van der Waals surface area contributed by atoms with Crippen molar-refractivity contribution < 1.29 is 31.4 Å². The van der Waals surface area contributed by atoms with Crippen LogP contribution in [0.3, 0.4) is 0 Å². The fourth-order valence-electron chi connectivity index (χ4n) is 3.61. The molecule has 1 heterocycles. The molecule has 0 aromatic heterocycles. The molecule has 0 spiro atoms. The molecule has 1 fully saturated rings. The van der Waals surface area contributed by atoms with Gasteiger partial charge < -0.3 is 9.47 Å². The van der Waals surface area contributed by atoms with Gasteiger partial charge in [0.05, 0.1) is 17.7 Å². The van der Waals surface area contributed by atoms with Crippen molar-refractivity contribution in [2.45, 2.75) is 38.4 Å². The zero-order valence-electron chi connectivity index (χ0n) is 17.3. The minimum Gasteiger partial charge on any atom is -0.429 e. The van der Waals surface area contributed by atoms with Crippen molar-refractivity contribution in [1.82, 2.24) is 0 Å². The van der Waals surface area contributed by atoms with E-state index < -0.39 is 35.6 Å². The van der Waals surface area contributed by atoms with Gasteiger partial charge in [0, 0.05) is 5.56 Å². The first-order chi connectivity index (χ1) is 15.3. The van der Waals surface area contributed by atoms with Crippen LogP contribution in [-0.4, -0.2) is 6.61 Å². The van der Waals surface area contributed by atoms with Crippen LogP contribution in [0.15, 0.2) is 60.7 Å². The minimum absolute atomic E-state index is 0.0128. The first-order valence-electron chi connectivity index (χ1n) is 10.3. The van der Waals surface area contributed by atoms with Gasteiger partial charge in [0.15, 0.2) is 0 Å². The van der Waals surface area contributed by atoms with Crippen LogP contribution in [-0.2, 0) is 17.3 Å². The van der Waals surface area contributed by atoms with E-state index in [0.29, 0.717) is 0 Å². The molecule has 3 aromatic rings. The Balaban J connectivity index is 1.58. The minimum atomic E-state index is -3.63. The van der Waals surface area contributed by atoms with Crippen molar-refractivity contribution in [3.05, 3.63) is 88.7 Å². The van der Waals surface area contributed by atoms with Gasteiger partial charge in [-0.05, 0) is 47.4 Å². The van der Waals surface area contributed by atoms with E-state index in [4.69, 9.17) is 9.47 Å². The molecule has 1 aliphatic rings. The first kappa shape index (κ1) is 22.3. The van der Waals surface area contributed by atoms with Crippen LogP contribution in [0, 0.1) is 5.82 Å². The summed E-state index contributed by atoms with van der Waals surface area (Å²) < 4.78 is 81.0. The van der Waals surface area contributed by atoms with Crippen LogP contribution in [0.5, 0.6) is 5.75 Å². The van der Waals surface area contributed by atoms with E-state index in [1.165, 1.54) is 36.4 Å². The van der Waals surface area contributed by atoms with Crippen molar-refractivity contribution in [1.29, 1.82) is 0 Å². The maximum atomic E-state index is 14.6. The Morgan fingerprint density at radius 3 is 2.22 bits per heavy atom. The first-order valence-corrected chi connectivity index (χ1v) is 10.3. The van der Waals surface area contributed by atoms with E-state index >= 15 is 0 Å². The van der Waals surface area contributed by atoms with E-state index in [2.05, 4.69) is 0 Å². The second-order valence-electron chi connectivity index (χ2n) is 7.64. The maximum absolute atomic E-state index is 14.6. The van der Waals surface area contributed by atoms with Gasteiger partial charge in [-0.15, -0.1) is 0 Å².